The Kier molecular flexibility index (Phi) is 5.21. The summed E-state index contributed by atoms with van der Waals surface area (Å²) in [6.45, 7) is 2.28. The number of halogens is 1. The summed E-state index contributed by atoms with van der Waals surface area (Å²) in [7, 11) is 0. The quantitative estimate of drug-likeness (QED) is 0.886. The molecule has 2 aromatic carbocycles. The van der Waals surface area contributed by atoms with E-state index >= 15 is 0 Å². The van der Waals surface area contributed by atoms with Crippen LogP contribution in [0.5, 0.6) is 0 Å². The van der Waals surface area contributed by atoms with Crippen LogP contribution in [0.4, 0.5) is 0 Å². The van der Waals surface area contributed by atoms with Crippen molar-refractivity contribution in [2.75, 3.05) is 19.6 Å². The highest BCUT2D eigenvalue weighted by Crippen LogP contribution is 2.36. The van der Waals surface area contributed by atoms with Crippen LogP contribution in [0.3, 0.4) is 0 Å². The van der Waals surface area contributed by atoms with Crippen LogP contribution in [0.2, 0.25) is 5.02 Å². The minimum atomic E-state index is 0.0337. The van der Waals surface area contributed by atoms with Crippen molar-refractivity contribution in [3.05, 3.63) is 82.6 Å². The fraction of sp³-hybridized carbons (Fsp3) is 0.238. The maximum Gasteiger partial charge on any atom is 0.0995 e. The Labute approximate surface area is 164 Å². The molecule has 2 aliphatic rings. The number of hydrazine groups is 1. The Balaban J connectivity index is 1.77. The number of benzene rings is 2. The van der Waals surface area contributed by atoms with Gasteiger partial charge in [0.05, 0.1) is 30.3 Å². The number of aliphatic imine (C=N–C) groups is 1. The van der Waals surface area contributed by atoms with E-state index in [9.17, 15) is 5.26 Å². The first-order chi connectivity index (χ1) is 13.3. The van der Waals surface area contributed by atoms with Gasteiger partial charge in [-0.05, 0) is 29.3 Å². The van der Waals surface area contributed by atoms with Crippen LogP contribution in [0.1, 0.15) is 28.8 Å². The van der Waals surface area contributed by atoms with Gasteiger partial charge in [0.1, 0.15) is 0 Å². The Morgan fingerprint density at radius 1 is 1.07 bits per heavy atom. The number of nitrogens with zero attached hydrogens (tertiary/aromatic N) is 4. The first-order valence-electron chi connectivity index (χ1n) is 8.96. The lowest BCUT2D eigenvalue weighted by Crippen LogP contribution is -2.54. The molecular weight excluding hydrogens is 358 g/mol. The van der Waals surface area contributed by atoms with Crippen LogP contribution < -0.4 is 5.32 Å². The molecule has 0 bridgehead atoms. The van der Waals surface area contributed by atoms with Gasteiger partial charge in [-0.3, -0.25) is 4.99 Å². The molecule has 4 rings (SSSR count). The van der Waals surface area contributed by atoms with Crippen molar-refractivity contribution in [2.24, 2.45) is 4.99 Å². The molecule has 0 saturated carbocycles. The van der Waals surface area contributed by atoms with Crippen LogP contribution >= 0.6 is 11.6 Å². The van der Waals surface area contributed by atoms with Gasteiger partial charge in [0.25, 0.3) is 0 Å². The molecule has 2 aromatic rings. The standard InChI is InChI=1S/C21H20ClN5/c22-18-7-5-16(6-8-18)20-14-25-15-21(19-4-2-1-3-17(19)13-23)27(20)26-11-9-24-10-12-26/h1-11,20-21,25H,12,14-15H2. The van der Waals surface area contributed by atoms with Crippen molar-refractivity contribution >= 4 is 17.8 Å². The highest BCUT2D eigenvalue weighted by molar-refractivity contribution is 6.30. The minimum absolute atomic E-state index is 0.0337. The first-order valence-corrected chi connectivity index (χ1v) is 9.34. The zero-order valence-corrected chi connectivity index (χ0v) is 15.5. The summed E-state index contributed by atoms with van der Waals surface area (Å²) in [5.41, 5.74) is 2.92. The molecule has 2 aliphatic heterocycles. The number of nitrogens with one attached hydrogen (secondary N) is 1. The summed E-state index contributed by atoms with van der Waals surface area (Å²) in [6.07, 6.45) is 5.70. The van der Waals surface area contributed by atoms with Crippen molar-refractivity contribution in [1.29, 1.82) is 5.26 Å². The van der Waals surface area contributed by atoms with Gasteiger partial charge in [-0.1, -0.05) is 41.9 Å². The Morgan fingerprint density at radius 3 is 2.59 bits per heavy atom. The molecule has 1 N–H and O–H groups in total. The summed E-state index contributed by atoms with van der Waals surface area (Å²) in [5.74, 6) is 0. The third kappa shape index (κ3) is 3.60. The van der Waals surface area contributed by atoms with Gasteiger partial charge < -0.3 is 10.3 Å². The Bertz CT molecular complexity index is 900. The van der Waals surface area contributed by atoms with Gasteiger partial charge >= 0.3 is 0 Å². The maximum atomic E-state index is 9.61. The van der Waals surface area contributed by atoms with Crippen LogP contribution in [-0.4, -0.2) is 35.9 Å². The molecule has 136 valence electrons. The van der Waals surface area contributed by atoms with E-state index in [1.807, 2.05) is 48.8 Å². The second-order valence-corrected chi connectivity index (χ2v) is 7.01. The smallest absolute Gasteiger partial charge is 0.0995 e. The summed E-state index contributed by atoms with van der Waals surface area (Å²) < 4.78 is 0. The number of hydrogen-bond donors (Lipinski definition) is 1. The van der Waals surface area contributed by atoms with Crippen molar-refractivity contribution in [1.82, 2.24) is 15.3 Å². The summed E-state index contributed by atoms with van der Waals surface area (Å²) in [4.78, 5) is 4.20. The zero-order chi connectivity index (χ0) is 18.6. The van der Waals surface area contributed by atoms with E-state index in [2.05, 4.69) is 38.5 Å². The lowest BCUT2D eigenvalue weighted by atomic mass is 9.95. The second kappa shape index (κ2) is 7.93. The van der Waals surface area contributed by atoms with Gasteiger partial charge in [-0.15, -0.1) is 0 Å². The summed E-state index contributed by atoms with van der Waals surface area (Å²) in [6, 6.07) is 18.3. The summed E-state index contributed by atoms with van der Waals surface area (Å²) >= 11 is 6.10. The molecule has 2 atom stereocenters. The minimum Gasteiger partial charge on any atom is -0.313 e. The Morgan fingerprint density at radius 2 is 1.85 bits per heavy atom. The second-order valence-electron chi connectivity index (χ2n) is 6.57. The molecule has 2 unspecified atom stereocenters. The average molecular weight is 378 g/mol. The van der Waals surface area contributed by atoms with E-state index in [4.69, 9.17) is 11.6 Å². The van der Waals surface area contributed by atoms with Gasteiger partial charge in [-0.25, -0.2) is 5.01 Å². The number of nitriles is 1. The molecule has 0 spiro atoms. The normalized spacial score (nSPS) is 22.6. The SMILES string of the molecule is N#Cc1ccccc1C1CNCC(c2ccc(Cl)cc2)N1N1C=CN=CC1. The predicted molar refractivity (Wildman–Crippen MR) is 107 cm³/mol. The van der Waals surface area contributed by atoms with E-state index in [-0.39, 0.29) is 12.1 Å². The zero-order valence-electron chi connectivity index (χ0n) is 14.8. The molecule has 0 radical (unpaired) electrons. The lowest BCUT2D eigenvalue weighted by Gasteiger charge is -2.48. The van der Waals surface area contributed by atoms with E-state index in [1.165, 1.54) is 5.56 Å². The van der Waals surface area contributed by atoms with E-state index in [0.717, 1.165) is 23.7 Å². The van der Waals surface area contributed by atoms with Gasteiger partial charge in [0, 0.05) is 36.7 Å². The molecule has 5 nitrogen and oxygen atoms in total. The fourth-order valence-corrected chi connectivity index (χ4v) is 3.88. The molecule has 1 fully saturated rings. The van der Waals surface area contributed by atoms with Gasteiger partial charge in [0.2, 0.25) is 0 Å². The maximum absolute atomic E-state index is 9.61. The first kappa shape index (κ1) is 17.7. The van der Waals surface area contributed by atoms with Crippen molar-refractivity contribution in [3.63, 3.8) is 0 Å². The molecule has 0 amide bonds. The van der Waals surface area contributed by atoms with Crippen LogP contribution in [0.15, 0.2) is 65.9 Å². The van der Waals surface area contributed by atoms with Crippen molar-refractivity contribution in [2.45, 2.75) is 12.1 Å². The molecular formula is C21H20ClN5. The number of rotatable bonds is 3. The fourth-order valence-electron chi connectivity index (χ4n) is 3.76. The molecule has 0 aromatic heterocycles. The van der Waals surface area contributed by atoms with E-state index in [1.54, 1.807) is 6.20 Å². The highest BCUT2D eigenvalue weighted by Gasteiger charge is 2.36. The number of piperazine rings is 1. The van der Waals surface area contributed by atoms with Gasteiger partial charge in [0.15, 0.2) is 0 Å². The topological polar surface area (TPSA) is 54.7 Å². The largest absolute Gasteiger partial charge is 0.313 e. The third-order valence-corrected chi connectivity index (χ3v) is 5.26. The van der Waals surface area contributed by atoms with Crippen molar-refractivity contribution in [3.8, 4) is 6.07 Å². The molecule has 27 heavy (non-hydrogen) atoms. The lowest BCUT2D eigenvalue weighted by molar-refractivity contribution is -0.0698. The van der Waals surface area contributed by atoms with Crippen LogP contribution in [0, 0.1) is 11.3 Å². The monoisotopic (exact) mass is 377 g/mol. The van der Waals surface area contributed by atoms with Crippen LogP contribution in [0.25, 0.3) is 0 Å². The van der Waals surface area contributed by atoms with Gasteiger partial charge in [-0.2, -0.15) is 5.26 Å². The van der Waals surface area contributed by atoms with E-state index < -0.39 is 0 Å². The van der Waals surface area contributed by atoms with E-state index in [0.29, 0.717) is 12.1 Å². The molecule has 6 heteroatoms. The predicted octanol–water partition coefficient (Wildman–Crippen LogP) is 3.67. The molecule has 0 aliphatic carbocycles. The number of hydrogen-bond acceptors (Lipinski definition) is 5. The van der Waals surface area contributed by atoms with Crippen LogP contribution in [-0.2, 0) is 0 Å². The summed E-state index contributed by atoms with van der Waals surface area (Å²) in [5, 5.41) is 18.4. The third-order valence-electron chi connectivity index (χ3n) is 5.00. The molecule has 2 heterocycles. The Hall–Kier alpha value is -2.65. The highest BCUT2D eigenvalue weighted by atomic mass is 35.5. The molecule has 1 saturated heterocycles. The van der Waals surface area contributed by atoms with Crippen molar-refractivity contribution < 1.29 is 0 Å². The average Bonchev–Trinajstić information content (AvgIpc) is 2.74.